The lowest BCUT2D eigenvalue weighted by Gasteiger charge is -2.34. The highest BCUT2D eigenvalue weighted by Crippen LogP contribution is 2.36. The fraction of sp³-hybridized carbons (Fsp3) is 0.444. The number of hydrogen-bond acceptors (Lipinski definition) is 16. The Bertz CT molecular complexity index is 4360. The highest BCUT2D eigenvalue weighted by molar-refractivity contribution is 6.05. The topological polar surface area (TPSA) is 499 Å². The van der Waals surface area contributed by atoms with Gasteiger partial charge in [-0.25, -0.2) is 28.8 Å². The summed E-state index contributed by atoms with van der Waals surface area (Å²) in [5.41, 5.74) is 21.5. The van der Waals surface area contributed by atoms with E-state index in [1.807, 2.05) is 48.5 Å². The number of nitrogens with two attached hydrogens (primary N) is 1. The third-order valence-corrected chi connectivity index (χ3v) is 20.3. The van der Waals surface area contributed by atoms with Crippen LogP contribution in [0.25, 0.3) is 10.4 Å². The van der Waals surface area contributed by atoms with E-state index in [0.717, 1.165) is 33.4 Å². The summed E-state index contributed by atoms with van der Waals surface area (Å²) in [4.78, 5) is 201. The summed E-state index contributed by atoms with van der Waals surface area (Å²) in [5.74, 6) is -1.89. The zero-order valence-electron chi connectivity index (χ0n) is 65.8. The Kier molecular flexibility index (Phi) is 36.2. The molecule has 16 N–H and O–H groups in total. The maximum atomic E-state index is 14.8. The first kappa shape index (κ1) is 90.3. The standard InChI is InChI=1S/C81H106N18O15/c1-8-53-54(9-2)60-45-88-78(113)95-69-42-50(71(106)84-34-21-35-90-99-83)22-25-66(69)93-76(111)86-48-63-57(12-5)62(47-85-75(110)92-65-26-23-51(43-68(65)91-74(82)109)72(107)97-80(28-15-36-100,29-16-37-101)30-17-38-102)58(13-6)64(59(63)14-7)49-87-77(112)94-67-27-24-52(73(108)98-81(31-18-39-103,32-19-40-104)33-20-41-105)44-70(67)96-79(114)89-46-61(55(53)10-3)56(60)11-4/h22-27,36-44H,8-21,28-35,45-49H2,1-7H3,(H,84,106)(H,97,107)(H,98,108)(H3,82,91,109)(H2,85,92,110)(H2,86,93,111)(H2,87,94,112)(H2,88,95,113)(H2,89,96,114). The van der Waals surface area contributed by atoms with Gasteiger partial charge in [0, 0.05) is 117 Å². The molecule has 0 atom stereocenters. The molecule has 0 aromatic heterocycles. The van der Waals surface area contributed by atoms with Crippen molar-refractivity contribution in [3.63, 3.8) is 0 Å². The number of fused-ring (bicyclic) bond motifs is 6. The molecule has 5 aromatic carbocycles. The van der Waals surface area contributed by atoms with Crippen LogP contribution in [0.5, 0.6) is 0 Å². The minimum Gasteiger partial charge on any atom is -0.352 e. The summed E-state index contributed by atoms with van der Waals surface area (Å²) < 4.78 is 0. The first-order chi connectivity index (χ1) is 55.0. The number of anilines is 6. The van der Waals surface area contributed by atoms with Crippen LogP contribution >= 0.6 is 0 Å². The minimum absolute atomic E-state index is 0.00123. The summed E-state index contributed by atoms with van der Waals surface area (Å²) in [6.07, 6.45) is 8.21. The lowest BCUT2D eigenvalue weighted by Crippen LogP contribution is -2.49. The molecule has 0 saturated heterocycles. The predicted octanol–water partition coefficient (Wildman–Crippen LogP) is 11.3. The van der Waals surface area contributed by atoms with Crippen molar-refractivity contribution in [3.05, 3.63) is 148 Å². The Balaban J connectivity index is 1.51. The number of carbonyl (C=O) groups is 15. The van der Waals surface area contributed by atoms with Gasteiger partial charge in [0.15, 0.2) is 0 Å². The second kappa shape index (κ2) is 45.7. The van der Waals surface area contributed by atoms with Crippen molar-refractivity contribution >= 4 is 126 Å². The number of hydrogen-bond donors (Lipinski definition) is 15. The van der Waals surface area contributed by atoms with Crippen molar-refractivity contribution in [1.82, 2.24) is 42.5 Å². The highest BCUT2D eigenvalue weighted by Gasteiger charge is 2.34. The molecule has 1 aliphatic rings. The number of azide groups is 1. The fourth-order valence-electron chi connectivity index (χ4n) is 15.0. The third-order valence-electron chi connectivity index (χ3n) is 20.3. The van der Waals surface area contributed by atoms with Crippen LogP contribution in [0.1, 0.15) is 230 Å². The van der Waals surface area contributed by atoms with Crippen LogP contribution in [0.15, 0.2) is 59.7 Å². The number of nitrogens with zero attached hydrogens (tertiary/aromatic N) is 3. The van der Waals surface area contributed by atoms with Gasteiger partial charge in [0.1, 0.15) is 37.7 Å². The molecule has 610 valence electrons. The molecule has 0 aliphatic carbocycles. The monoisotopic (exact) mass is 1570 g/mol. The quantitative estimate of drug-likeness (QED) is 0.00574. The van der Waals surface area contributed by atoms with Gasteiger partial charge in [-0.2, -0.15) is 0 Å². The number of carbonyl (C=O) groups excluding carboxylic acids is 15. The lowest BCUT2D eigenvalue weighted by atomic mass is 9.82. The van der Waals surface area contributed by atoms with Crippen LogP contribution in [0.4, 0.5) is 62.9 Å². The summed E-state index contributed by atoms with van der Waals surface area (Å²) in [6.45, 7) is 13.3. The van der Waals surface area contributed by atoms with Crippen molar-refractivity contribution < 1.29 is 71.9 Å². The van der Waals surface area contributed by atoms with Crippen LogP contribution < -0.4 is 80.2 Å². The molecule has 0 radical (unpaired) electrons. The zero-order valence-corrected chi connectivity index (χ0v) is 65.8. The second-order valence-corrected chi connectivity index (χ2v) is 27.3. The normalized spacial score (nSPS) is 12.7. The molecule has 4 bridgehead atoms. The molecule has 15 amide bonds. The van der Waals surface area contributed by atoms with E-state index >= 15 is 0 Å². The Morgan fingerprint density at radius 3 is 1.12 bits per heavy atom. The van der Waals surface area contributed by atoms with Gasteiger partial charge in [0.2, 0.25) is 0 Å². The molecule has 33 nitrogen and oxygen atoms in total. The molecular formula is C81H106N18O15. The zero-order chi connectivity index (χ0) is 83.3. The fourth-order valence-corrected chi connectivity index (χ4v) is 15.0. The van der Waals surface area contributed by atoms with E-state index in [9.17, 15) is 71.9 Å². The van der Waals surface area contributed by atoms with E-state index in [0.29, 0.717) is 122 Å². The van der Waals surface area contributed by atoms with E-state index in [4.69, 9.17) is 11.3 Å². The van der Waals surface area contributed by atoms with Gasteiger partial charge in [-0.05, 0) is 217 Å². The number of rotatable bonds is 38. The van der Waals surface area contributed by atoms with Crippen molar-refractivity contribution in [2.45, 2.75) is 221 Å². The summed E-state index contributed by atoms with van der Waals surface area (Å²) >= 11 is 0. The number of aldehydes is 6. The van der Waals surface area contributed by atoms with Crippen LogP contribution in [-0.4, -0.2) is 116 Å². The second-order valence-electron chi connectivity index (χ2n) is 27.3. The van der Waals surface area contributed by atoms with Gasteiger partial charge >= 0.3 is 36.2 Å². The van der Waals surface area contributed by atoms with Crippen LogP contribution in [0, 0.1) is 0 Å². The van der Waals surface area contributed by atoms with Gasteiger partial charge in [0.05, 0.1) is 34.1 Å². The van der Waals surface area contributed by atoms with Gasteiger partial charge < -0.3 is 109 Å². The highest BCUT2D eigenvalue weighted by atomic mass is 16.2. The minimum atomic E-state index is -1.17. The molecule has 0 spiro atoms. The molecule has 0 saturated carbocycles. The van der Waals surface area contributed by atoms with Crippen molar-refractivity contribution in [2.75, 3.05) is 45.0 Å². The van der Waals surface area contributed by atoms with Crippen molar-refractivity contribution in [2.24, 2.45) is 10.8 Å². The number of urea groups is 6. The predicted molar refractivity (Wildman–Crippen MR) is 433 cm³/mol. The number of primary amides is 1. The number of nitrogens with one attached hydrogen (secondary N) is 14. The van der Waals surface area contributed by atoms with E-state index in [1.54, 1.807) is 0 Å². The van der Waals surface area contributed by atoms with Crippen molar-refractivity contribution in [3.8, 4) is 0 Å². The maximum Gasteiger partial charge on any atom is 0.319 e. The Morgan fingerprint density at radius 1 is 0.430 bits per heavy atom. The Labute approximate surface area is 662 Å². The number of benzene rings is 5. The first-order valence-electron chi connectivity index (χ1n) is 38.6. The van der Waals surface area contributed by atoms with Crippen LogP contribution in [0.2, 0.25) is 0 Å². The molecule has 5 aromatic rings. The average Bonchev–Trinajstić information content (AvgIpc) is 0.772. The average molecular weight is 1570 g/mol. The Hall–Kier alpha value is -12.5. The summed E-state index contributed by atoms with van der Waals surface area (Å²) in [6, 6.07) is 7.62. The molecule has 1 aliphatic heterocycles. The molecular weight excluding hydrogens is 1470 g/mol. The summed E-state index contributed by atoms with van der Waals surface area (Å²) in [7, 11) is 0. The van der Waals surface area contributed by atoms with Crippen LogP contribution in [0.3, 0.4) is 0 Å². The molecule has 114 heavy (non-hydrogen) atoms. The molecule has 1 heterocycles. The molecule has 0 fully saturated rings. The molecule has 0 unspecified atom stereocenters. The summed E-state index contributed by atoms with van der Waals surface area (Å²) in [5, 5.41) is 43.7. The van der Waals surface area contributed by atoms with E-state index in [2.05, 4.69) is 84.5 Å². The lowest BCUT2D eigenvalue weighted by molar-refractivity contribution is -0.110. The van der Waals surface area contributed by atoms with E-state index < -0.39 is 65.0 Å². The van der Waals surface area contributed by atoms with Gasteiger partial charge in [0.25, 0.3) is 17.7 Å². The van der Waals surface area contributed by atoms with Gasteiger partial charge in [-0.3, -0.25) is 14.4 Å². The maximum absolute atomic E-state index is 14.8. The van der Waals surface area contributed by atoms with Gasteiger partial charge in [-0.1, -0.05) is 53.6 Å². The largest absolute Gasteiger partial charge is 0.352 e. The van der Waals surface area contributed by atoms with E-state index in [1.165, 1.54) is 54.6 Å². The van der Waals surface area contributed by atoms with Crippen LogP contribution in [-0.2, 0) is 106 Å². The van der Waals surface area contributed by atoms with Gasteiger partial charge in [-0.15, -0.1) is 0 Å². The SMILES string of the molecule is CCc1c(CC)c2c(CC)c(c1CC)CNC(=O)Nc1cc(C(=O)NC(CCC=O)(CCC=O)CCC=O)ccc1NC(=O)NCc1c(CC)c(CNC(=O)Nc3ccc(C(=O)NC(CCC=O)(CCC=O)CCC=O)cc3NC(N)=O)c(CC)c(c1CC)CNC(=O)Nc1ccc(C(=O)NCCCN=[N+]=[N-])cc1NC(=O)NC2. The third kappa shape index (κ3) is 25.0. The molecule has 33 heteroatoms. The van der Waals surface area contributed by atoms with Crippen molar-refractivity contribution in [1.29, 1.82) is 0 Å². The van der Waals surface area contributed by atoms with E-state index in [-0.39, 0.29) is 174 Å². The first-order valence-corrected chi connectivity index (χ1v) is 38.6. The number of amides is 15. The smallest absolute Gasteiger partial charge is 0.319 e. The molecule has 6 rings (SSSR count). The Morgan fingerprint density at radius 2 is 0.772 bits per heavy atom.